The topological polar surface area (TPSA) is 75.0 Å². The molecule has 1 aliphatic heterocycles. The summed E-state index contributed by atoms with van der Waals surface area (Å²) >= 11 is 12.2. The van der Waals surface area contributed by atoms with Crippen LogP contribution in [0, 0.1) is 0 Å². The summed E-state index contributed by atoms with van der Waals surface area (Å²) in [5, 5.41) is 3.91. The number of nitrogens with zero attached hydrogens (tertiary/aromatic N) is 2. The lowest BCUT2D eigenvalue weighted by Crippen LogP contribution is -2.44. The van der Waals surface area contributed by atoms with Crippen LogP contribution in [0.15, 0.2) is 59.0 Å². The van der Waals surface area contributed by atoms with E-state index in [1.807, 2.05) is 6.07 Å². The molecule has 0 bridgehead atoms. The second kappa shape index (κ2) is 11.0. The summed E-state index contributed by atoms with van der Waals surface area (Å²) in [5.41, 5.74) is 2.46. The quantitative estimate of drug-likeness (QED) is 0.349. The number of esters is 1. The first-order chi connectivity index (χ1) is 16.8. The van der Waals surface area contributed by atoms with Crippen LogP contribution in [0.4, 0.5) is 11.4 Å². The average molecular weight is 514 g/mol. The van der Waals surface area contributed by atoms with Crippen molar-refractivity contribution in [2.45, 2.75) is 0 Å². The molecule has 0 radical (unpaired) electrons. The van der Waals surface area contributed by atoms with Gasteiger partial charge in [-0.2, -0.15) is 0 Å². The molecule has 2 heterocycles. The Kier molecular flexibility index (Phi) is 7.80. The van der Waals surface area contributed by atoms with Crippen LogP contribution in [0.3, 0.4) is 0 Å². The number of likely N-dealkylation sites (N-methyl/N-ethyl adjacent to an activating group) is 1. The van der Waals surface area contributed by atoms with E-state index in [1.165, 1.54) is 13.2 Å². The van der Waals surface area contributed by atoms with Crippen molar-refractivity contribution in [3.8, 4) is 11.3 Å². The number of furan rings is 1. The Labute approximate surface area is 213 Å². The van der Waals surface area contributed by atoms with Gasteiger partial charge in [-0.1, -0.05) is 23.2 Å². The van der Waals surface area contributed by atoms with Crippen LogP contribution in [0.1, 0.15) is 16.1 Å². The fourth-order valence-corrected chi connectivity index (χ4v) is 4.31. The van der Waals surface area contributed by atoms with E-state index in [1.54, 1.807) is 48.5 Å². The molecule has 3 aromatic rings. The third-order valence-corrected chi connectivity index (χ3v) is 6.29. The Morgan fingerprint density at radius 2 is 1.80 bits per heavy atom. The number of piperazine rings is 1. The van der Waals surface area contributed by atoms with Gasteiger partial charge in [0.2, 0.25) is 5.91 Å². The number of carbonyl (C=O) groups excluding carboxylic acids is 2. The van der Waals surface area contributed by atoms with Gasteiger partial charge in [0.25, 0.3) is 0 Å². The highest BCUT2D eigenvalue weighted by atomic mass is 35.5. The highest BCUT2D eigenvalue weighted by Gasteiger charge is 2.19. The van der Waals surface area contributed by atoms with Gasteiger partial charge in [-0.05, 0) is 61.7 Å². The van der Waals surface area contributed by atoms with Gasteiger partial charge in [-0.3, -0.25) is 4.79 Å². The maximum absolute atomic E-state index is 12.8. The standard InChI is InChI=1S/C26H25Cl2N3O4/c1-30-11-13-31(14-12-30)23-8-3-17(26(33)34-2)15-22(23)29-25(32)10-6-19-5-9-24(35-19)20-7-4-18(27)16-21(20)28/h3-10,15-16H,11-14H2,1-2H3,(H,29,32)/b10-6+. The Balaban J connectivity index is 1.51. The summed E-state index contributed by atoms with van der Waals surface area (Å²) < 4.78 is 10.7. The largest absolute Gasteiger partial charge is 0.465 e. The second-order valence-electron chi connectivity index (χ2n) is 8.16. The first kappa shape index (κ1) is 24.9. The Hall–Kier alpha value is -3.26. The molecule has 1 aromatic heterocycles. The molecule has 2 aromatic carbocycles. The van der Waals surface area contributed by atoms with Gasteiger partial charge < -0.3 is 24.3 Å². The highest BCUT2D eigenvalue weighted by molar-refractivity contribution is 6.36. The van der Waals surface area contributed by atoms with E-state index >= 15 is 0 Å². The molecule has 0 atom stereocenters. The van der Waals surface area contributed by atoms with E-state index in [-0.39, 0.29) is 5.91 Å². The number of hydrogen-bond donors (Lipinski definition) is 1. The van der Waals surface area contributed by atoms with Crippen LogP contribution in [0.25, 0.3) is 17.4 Å². The zero-order valence-electron chi connectivity index (χ0n) is 19.4. The van der Waals surface area contributed by atoms with Crippen molar-refractivity contribution in [2.75, 3.05) is 50.6 Å². The first-order valence-corrected chi connectivity index (χ1v) is 11.8. The highest BCUT2D eigenvalue weighted by Crippen LogP contribution is 2.32. The molecule has 0 spiro atoms. The molecular formula is C26H25Cl2N3O4. The molecule has 0 unspecified atom stereocenters. The molecule has 0 aliphatic carbocycles. The van der Waals surface area contributed by atoms with Crippen LogP contribution in [-0.2, 0) is 9.53 Å². The van der Waals surface area contributed by atoms with Gasteiger partial charge in [0, 0.05) is 42.8 Å². The number of carbonyl (C=O) groups is 2. The zero-order chi connectivity index (χ0) is 24.9. The van der Waals surface area contributed by atoms with E-state index < -0.39 is 5.97 Å². The molecule has 4 rings (SSSR count). The van der Waals surface area contributed by atoms with E-state index in [0.29, 0.717) is 38.4 Å². The molecule has 9 heteroatoms. The predicted molar refractivity (Wildman–Crippen MR) is 139 cm³/mol. The number of methoxy groups -OCH3 is 1. The number of hydrogen-bond acceptors (Lipinski definition) is 6. The number of rotatable bonds is 6. The van der Waals surface area contributed by atoms with Gasteiger partial charge in [0.1, 0.15) is 11.5 Å². The molecule has 0 saturated carbocycles. The van der Waals surface area contributed by atoms with E-state index in [4.69, 9.17) is 32.4 Å². The monoisotopic (exact) mass is 513 g/mol. The number of nitrogens with one attached hydrogen (secondary N) is 1. The molecule has 1 saturated heterocycles. The summed E-state index contributed by atoms with van der Waals surface area (Å²) in [6.07, 6.45) is 2.95. The van der Waals surface area contributed by atoms with Crippen LogP contribution in [-0.4, -0.2) is 57.1 Å². The van der Waals surface area contributed by atoms with Crippen molar-refractivity contribution >= 4 is 52.5 Å². The summed E-state index contributed by atoms with van der Waals surface area (Å²) in [4.78, 5) is 29.3. The van der Waals surface area contributed by atoms with Crippen LogP contribution < -0.4 is 10.2 Å². The lowest BCUT2D eigenvalue weighted by atomic mass is 10.1. The SMILES string of the molecule is COC(=O)c1ccc(N2CCN(C)CC2)c(NC(=O)/C=C/c2ccc(-c3ccc(Cl)cc3Cl)o2)c1. The number of amides is 1. The lowest BCUT2D eigenvalue weighted by Gasteiger charge is -2.35. The van der Waals surface area contributed by atoms with Gasteiger partial charge >= 0.3 is 5.97 Å². The third kappa shape index (κ3) is 6.06. The Bertz CT molecular complexity index is 1260. The Morgan fingerprint density at radius 1 is 1.03 bits per heavy atom. The van der Waals surface area contributed by atoms with E-state index in [0.717, 1.165) is 31.9 Å². The van der Waals surface area contributed by atoms with Crippen molar-refractivity contribution in [1.82, 2.24) is 4.90 Å². The minimum absolute atomic E-state index is 0.357. The molecule has 35 heavy (non-hydrogen) atoms. The van der Waals surface area contributed by atoms with E-state index in [2.05, 4.69) is 22.2 Å². The minimum Gasteiger partial charge on any atom is -0.465 e. The van der Waals surface area contributed by atoms with Crippen LogP contribution in [0.5, 0.6) is 0 Å². The summed E-state index contributed by atoms with van der Waals surface area (Å²) in [6, 6.07) is 13.9. The summed E-state index contributed by atoms with van der Waals surface area (Å²) in [7, 11) is 3.40. The summed E-state index contributed by atoms with van der Waals surface area (Å²) in [5.74, 6) is 0.230. The molecule has 1 N–H and O–H groups in total. The first-order valence-electron chi connectivity index (χ1n) is 11.0. The Morgan fingerprint density at radius 3 is 2.51 bits per heavy atom. The maximum Gasteiger partial charge on any atom is 0.337 e. The van der Waals surface area contributed by atoms with Gasteiger partial charge in [0.15, 0.2) is 0 Å². The van der Waals surface area contributed by atoms with Gasteiger partial charge in [-0.15, -0.1) is 0 Å². The fraction of sp³-hybridized carbons (Fsp3) is 0.231. The van der Waals surface area contributed by atoms with Gasteiger partial charge in [-0.25, -0.2) is 4.79 Å². The van der Waals surface area contributed by atoms with Crippen molar-refractivity contribution < 1.29 is 18.7 Å². The third-order valence-electron chi connectivity index (χ3n) is 5.74. The van der Waals surface area contributed by atoms with Crippen molar-refractivity contribution in [1.29, 1.82) is 0 Å². The van der Waals surface area contributed by atoms with Crippen molar-refractivity contribution in [3.63, 3.8) is 0 Å². The number of benzene rings is 2. The van der Waals surface area contributed by atoms with Crippen molar-refractivity contribution in [2.24, 2.45) is 0 Å². The lowest BCUT2D eigenvalue weighted by molar-refractivity contribution is -0.111. The summed E-state index contributed by atoms with van der Waals surface area (Å²) in [6.45, 7) is 3.44. The number of ether oxygens (including phenoxy) is 1. The predicted octanol–water partition coefficient (Wildman–Crippen LogP) is 5.44. The van der Waals surface area contributed by atoms with Crippen LogP contribution in [0.2, 0.25) is 10.0 Å². The second-order valence-corrected chi connectivity index (χ2v) is 9.01. The smallest absolute Gasteiger partial charge is 0.337 e. The zero-order valence-corrected chi connectivity index (χ0v) is 20.9. The normalized spacial score (nSPS) is 14.3. The van der Waals surface area contributed by atoms with Gasteiger partial charge in [0.05, 0.1) is 29.1 Å². The average Bonchev–Trinajstić information content (AvgIpc) is 3.31. The number of anilines is 2. The molecule has 1 fully saturated rings. The van der Waals surface area contributed by atoms with E-state index in [9.17, 15) is 9.59 Å². The maximum atomic E-state index is 12.8. The molecule has 7 nitrogen and oxygen atoms in total. The fourth-order valence-electron chi connectivity index (χ4n) is 3.81. The molecule has 1 aliphatic rings. The van der Waals surface area contributed by atoms with Crippen LogP contribution >= 0.6 is 23.2 Å². The molecule has 1 amide bonds. The van der Waals surface area contributed by atoms with Crippen molar-refractivity contribution in [3.05, 3.63) is 76.0 Å². The minimum atomic E-state index is -0.468. The molecular weight excluding hydrogens is 489 g/mol. The number of halogens is 2. The molecule has 182 valence electrons.